The summed E-state index contributed by atoms with van der Waals surface area (Å²) in [5.74, 6) is 1.46. The Morgan fingerprint density at radius 2 is 2.14 bits per heavy atom. The second-order valence-electron chi connectivity index (χ2n) is 6.21. The number of hydroxylamine groups is 1. The average molecular weight is 299 g/mol. The van der Waals surface area contributed by atoms with Crippen LogP contribution in [0, 0.1) is 5.92 Å². The van der Waals surface area contributed by atoms with Crippen molar-refractivity contribution in [2.75, 3.05) is 19.6 Å². The molecule has 4 aliphatic heterocycles. The first kappa shape index (κ1) is 12.1. The number of thiophene rings is 1. The van der Waals surface area contributed by atoms with E-state index in [1.165, 1.54) is 41.6 Å². The third kappa shape index (κ3) is 1.71. The van der Waals surface area contributed by atoms with Crippen molar-refractivity contribution in [3.8, 4) is 0 Å². The normalized spacial score (nSPS) is 34.4. The Labute approximate surface area is 127 Å². The van der Waals surface area contributed by atoms with Crippen LogP contribution in [0.3, 0.4) is 0 Å². The number of hydrogen-bond donors (Lipinski definition) is 1. The van der Waals surface area contributed by atoms with Crippen LogP contribution in [0.25, 0.3) is 10.1 Å². The fraction of sp³-hybridized carbons (Fsp3) is 0.438. The van der Waals surface area contributed by atoms with Gasteiger partial charge in [0.2, 0.25) is 5.72 Å². The highest BCUT2D eigenvalue weighted by atomic mass is 32.1. The highest BCUT2D eigenvalue weighted by molar-refractivity contribution is 7.17. The van der Waals surface area contributed by atoms with Crippen LogP contribution < -0.4 is 5.48 Å². The number of aliphatic imine (C=N–C) groups is 1. The number of nitrogens with one attached hydrogen (secondary N) is 1. The van der Waals surface area contributed by atoms with Crippen molar-refractivity contribution in [1.29, 1.82) is 0 Å². The zero-order valence-electron chi connectivity index (χ0n) is 11.7. The first-order valence-corrected chi connectivity index (χ1v) is 8.45. The Balaban J connectivity index is 1.57. The summed E-state index contributed by atoms with van der Waals surface area (Å²) in [4.78, 5) is 13.5. The highest BCUT2D eigenvalue weighted by Crippen LogP contribution is 2.41. The molecule has 0 amide bonds. The summed E-state index contributed by atoms with van der Waals surface area (Å²) in [6, 6.07) is 8.48. The summed E-state index contributed by atoms with van der Waals surface area (Å²) < 4.78 is 1.30. The van der Waals surface area contributed by atoms with Crippen LogP contribution in [0.2, 0.25) is 0 Å². The fourth-order valence-corrected chi connectivity index (χ4v) is 4.83. The predicted octanol–water partition coefficient (Wildman–Crippen LogP) is 2.60. The molecule has 108 valence electrons. The van der Waals surface area contributed by atoms with E-state index in [2.05, 4.69) is 40.0 Å². The van der Waals surface area contributed by atoms with Crippen molar-refractivity contribution in [1.82, 2.24) is 10.4 Å². The quantitative estimate of drug-likeness (QED) is 0.879. The molecule has 0 aliphatic carbocycles. The second-order valence-corrected chi connectivity index (χ2v) is 7.12. The third-order valence-electron chi connectivity index (χ3n) is 5.04. The van der Waals surface area contributed by atoms with Gasteiger partial charge in [0.05, 0.1) is 6.54 Å². The van der Waals surface area contributed by atoms with E-state index >= 15 is 0 Å². The molecule has 0 saturated carbocycles. The van der Waals surface area contributed by atoms with Gasteiger partial charge in [-0.05, 0) is 32.0 Å². The molecule has 1 N–H and O–H groups in total. The predicted molar refractivity (Wildman–Crippen MR) is 84.5 cm³/mol. The molecule has 1 aromatic carbocycles. The standard InChI is InChI=1S/C16H17N3OS/c1-2-4-14-12(3-1)13(9-21-14)15-17-16(20-18-15)10-19-7-5-11(16)6-8-19/h1-4,9,11H,5-8,10H2,(H,17,18). The first-order valence-electron chi connectivity index (χ1n) is 7.57. The number of rotatable bonds is 1. The van der Waals surface area contributed by atoms with Crippen LogP contribution in [0.1, 0.15) is 18.4 Å². The maximum atomic E-state index is 6.01. The minimum absolute atomic E-state index is 0.352. The Morgan fingerprint density at radius 1 is 1.29 bits per heavy atom. The second kappa shape index (κ2) is 4.29. The zero-order valence-corrected chi connectivity index (χ0v) is 12.5. The fourth-order valence-electron chi connectivity index (χ4n) is 3.88. The van der Waals surface area contributed by atoms with E-state index in [1.807, 2.05) is 0 Å². The number of benzene rings is 1. The van der Waals surface area contributed by atoms with Crippen molar-refractivity contribution in [2.45, 2.75) is 18.6 Å². The van der Waals surface area contributed by atoms with Gasteiger partial charge >= 0.3 is 0 Å². The lowest BCUT2D eigenvalue weighted by Crippen LogP contribution is -2.58. The summed E-state index contributed by atoms with van der Waals surface area (Å²) in [5, 5.41) is 3.44. The van der Waals surface area contributed by atoms with Crippen molar-refractivity contribution >= 4 is 27.3 Å². The van der Waals surface area contributed by atoms with E-state index in [1.54, 1.807) is 11.3 Å². The van der Waals surface area contributed by atoms with E-state index in [9.17, 15) is 0 Å². The number of amidine groups is 1. The molecule has 1 atom stereocenters. The minimum atomic E-state index is -0.352. The Bertz CT molecular complexity index is 732. The Hall–Kier alpha value is -1.43. The van der Waals surface area contributed by atoms with E-state index in [0.717, 1.165) is 12.4 Å². The number of fused-ring (bicyclic) bond motifs is 3. The lowest BCUT2D eigenvalue weighted by Gasteiger charge is -2.47. The van der Waals surface area contributed by atoms with E-state index in [-0.39, 0.29) is 5.72 Å². The summed E-state index contributed by atoms with van der Waals surface area (Å²) in [7, 11) is 0. The monoisotopic (exact) mass is 299 g/mol. The number of nitrogens with zero attached hydrogens (tertiary/aromatic N) is 2. The summed E-state index contributed by atoms with van der Waals surface area (Å²) in [5.41, 5.74) is 3.94. The SMILES string of the molecule is c1ccc2c(C3=NC4(CN5CCC4CC5)ON3)csc2c1. The topological polar surface area (TPSA) is 36.9 Å². The van der Waals surface area contributed by atoms with Gasteiger partial charge in [-0.2, -0.15) is 0 Å². The summed E-state index contributed by atoms with van der Waals surface area (Å²) >= 11 is 1.76. The molecule has 4 nitrogen and oxygen atoms in total. The Kier molecular flexibility index (Phi) is 2.48. The molecule has 3 fully saturated rings. The van der Waals surface area contributed by atoms with Gasteiger partial charge in [-0.1, -0.05) is 18.2 Å². The van der Waals surface area contributed by atoms with E-state index in [4.69, 9.17) is 9.83 Å². The minimum Gasteiger partial charge on any atom is -0.298 e. The molecular weight excluding hydrogens is 282 g/mol. The molecule has 5 heteroatoms. The van der Waals surface area contributed by atoms with Gasteiger partial charge in [0.15, 0.2) is 5.84 Å². The van der Waals surface area contributed by atoms with Crippen LogP contribution in [-0.2, 0) is 4.84 Å². The first-order chi connectivity index (χ1) is 10.3. The highest BCUT2D eigenvalue weighted by Gasteiger charge is 2.51. The van der Waals surface area contributed by atoms with Crippen LogP contribution in [-0.4, -0.2) is 36.1 Å². The zero-order chi connectivity index (χ0) is 13.9. The van der Waals surface area contributed by atoms with Gasteiger partial charge in [0.25, 0.3) is 0 Å². The molecule has 21 heavy (non-hydrogen) atoms. The van der Waals surface area contributed by atoms with Gasteiger partial charge in [-0.3, -0.25) is 4.90 Å². The lowest BCUT2D eigenvalue weighted by atomic mass is 9.81. The van der Waals surface area contributed by atoms with Gasteiger partial charge < -0.3 is 0 Å². The van der Waals surface area contributed by atoms with Crippen LogP contribution >= 0.6 is 11.3 Å². The van der Waals surface area contributed by atoms with Crippen LogP contribution in [0.4, 0.5) is 0 Å². The molecule has 4 aliphatic rings. The van der Waals surface area contributed by atoms with Gasteiger partial charge in [-0.15, -0.1) is 11.3 Å². The molecule has 1 aromatic heterocycles. The van der Waals surface area contributed by atoms with E-state index in [0.29, 0.717) is 5.92 Å². The molecule has 1 spiro atoms. The molecule has 1 unspecified atom stereocenters. The van der Waals surface area contributed by atoms with E-state index < -0.39 is 0 Å². The van der Waals surface area contributed by atoms with Crippen molar-refractivity contribution in [3.05, 3.63) is 35.2 Å². The molecule has 2 bridgehead atoms. The van der Waals surface area contributed by atoms with Crippen molar-refractivity contribution in [2.24, 2.45) is 10.9 Å². The smallest absolute Gasteiger partial charge is 0.202 e. The third-order valence-corrected chi connectivity index (χ3v) is 6.00. The molecule has 0 radical (unpaired) electrons. The van der Waals surface area contributed by atoms with Crippen LogP contribution in [0.5, 0.6) is 0 Å². The maximum Gasteiger partial charge on any atom is 0.202 e. The summed E-state index contributed by atoms with van der Waals surface area (Å²) in [6.07, 6.45) is 2.39. The van der Waals surface area contributed by atoms with Gasteiger partial charge in [0.1, 0.15) is 0 Å². The number of hydrogen-bond acceptors (Lipinski definition) is 5. The summed E-state index contributed by atoms with van der Waals surface area (Å²) in [6.45, 7) is 3.32. The van der Waals surface area contributed by atoms with Gasteiger partial charge in [0, 0.05) is 26.9 Å². The molecule has 6 rings (SSSR count). The lowest BCUT2D eigenvalue weighted by molar-refractivity contribution is -0.155. The van der Waals surface area contributed by atoms with Crippen molar-refractivity contribution in [3.63, 3.8) is 0 Å². The molecule has 5 heterocycles. The van der Waals surface area contributed by atoms with Crippen LogP contribution in [0.15, 0.2) is 34.6 Å². The molecule has 3 saturated heterocycles. The van der Waals surface area contributed by atoms with Crippen molar-refractivity contribution < 1.29 is 4.84 Å². The largest absolute Gasteiger partial charge is 0.298 e. The average Bonchev–Trinajstić information content (AvgIpc) is 3.13. The maximum absolute atomic E-state index is 6.01. The molecular formula is C16H17N3OS. The Morgan fingerprint density at radius 3 is 2.95 bits per heavy atom. The van der Waals surface area contributed by atoms with Gasteiger partial charge in [-0.25, -0.2) is 15.3 Å². The number of piperidine rings is 3. The molecule has 2 aromatic rings.